The zero-order valence-corrected chi connectivity index (χ0v) is 18.7. The van der Waals surface area contributed by atoms with E-state index in [2.05, 4.69) is 0 Å². The molecule has 0 amide bonds. The van der Waals surface area contributed by atoms with Gasteiger partial charge in [0, 0.05) is 11.6 Å². The van der Waals surface area contributed by atoms with Gasteiger partial charge in [-0.15, -0.1) is 0 Å². The van der Waals surface area contributed by atoms with E-state index in [1.54, 1.807) is 36.4 Å². The minimum atomic E-state index is -0.423. The molecule has 0 saturated carbocycles. The molecule has 3 aromatic rings. The summed E-state index contributed by atoms with van der Waals surface area (Å²) in [5, 5.41) is 0. The van der Waals surface area contributed by atoms with Gasteiger partial charge >= 0.3 is 0 Å². The quantitative estimate of drug-likeness (QED) is 0.352. The van der Waals surface area contributed by atoms with Gasteiger partial charge in [-0.3, -0.25) is 9.59 Å². The Morgan fingerprint density at radius 3 is 2.24 bits per heavy atom. The molecule has 4 rings (SSSR count). The number of ketones is 2. The fourth-order valence-corrected chi connectivity index (χ4v) is 3.46. The van der Waals surface area contributed by atoms with Crippen LogP contribution in [0.15, 0.2) is 60.4 Å². The molecule has 0 N–H and O–H groups in total. The first-order chi connectivity index (χ1) is 16.4. The van der Waals surface area contributed by atoms with Gasteiger partial charge in [0.05, 0.1) is 26.9 Å². The highest BCUT2D eigenvalue weighted by molar-refractivity contribution is 6.14. The number of halogens is 1. The Balaban J connectivity index is 1.51. The number of carbonyl (C=O) groups is 2. The first-order valence-corrected chi connectivity index (χ1v) is 10.2. The van der Waals surface area contributed by atoms with Crippen LogP contribution in [0.4, 0.5) is 4.39 Å². The average Bonchev–Trinajstić information content (AvgIpc) is 3.16. The Labute approximate surface area is 195 Å². The number of hydrogen-bond donors (Lipinski definition) is 0. The molecule has 1 heterocycles. The van der Waals surface area contributed by atoms with E-state index < -0.39 is 5.82 Å². The summed E-state index contributed by atoms with van der Waals surface area (Å²) < 4.78 is 40.4. The minimum Gasteiger partial charge on any atom is -0.493 e. The van der Waals surface area contributed by atoms with E-state index >= 15 is 0 Å². The van der Waals surface area contributed by atoms with Crippen LogP contribution in [0.25, 0.3) is 6.08 Å². The third-order valence-corrected chi connectivity index (χ3v) is 5.16. The second kappa shape index (κ2) is 9.66. The lowest BCUT2D eigenvalue weighted by Crippen LogP contribution is -2.11. The number of carbonyl (C=O) groups excluding carboxylic acids is 2. The lowest BCUT2D eigenvalue weighted by molar-refractivity contribution is 0.0920. The Hall–Kier alpha value is -4.33. The highest BCUT2D eigenvalue weighted by atomic mass is 19.1. The van der Waals surface area contributed by atoms with Crippen LogP contribution in [-0.2, 0) is 0 Å². The first kappa shape index (κ1) is 22.8. The summed E-state index contributed by atoms with van der Waals surface area (Å²) in [4.78, 5) is 25.1. The molecule has 0 saturated heterocycles. The number of benzene rings is 3. The fraction of sp³-hybridized carbons (Fsp3) is 0.154. The number of hydrogen-bond acceptors (Lipinski definition) is 7. The Morgan fingerprint density at radius 2 is 1.62 bits per heavy atom. The van der Waals surface area contributed by atoms with Crippen molar-refractivity contribution in [2.24, 2.45) is 0 Å². The molecule has 1 aliphatic heterocycles. The second-order valence-corrected chi connectivity index (χ2v) is 7.28. The predicted molar refractivity (Wildman–Crippen MR) is 122 cm³/mol. The summed E-state index contributed by atoms with van der Waals surface area (Å²) in [5.74, 6) is 1.09. The Morgan fingerprint density at radius 1 is 0.941 bits per heavy atom. The van der Waals surface area contributed by atoms with Crippen LogP contribution in [0.1, 0.15) is 26.3 Å². The van der Waals surface area contributed by atoms with Gasteiger partial charge in [0.2, 0.25) is 11.5 Å². The van der Waals surface area contributed by atoms with E-state index in [4.69, 9.17) is 23.7 Å². The summed E-state index contributed by atoms with van der Waals surface area (Å²) in [6.45, 7) is -0.244. The Bertz CT molecular complexity index is 1250. The molecule has 0 bridgehead atoms. The van der Waals surface area contributed by atoms with E-state index in [-0.39, 0.29) is 23.9 Å². The fourth-order valence-electron chi connectivity index (χ4n) is 3.46. The molecule has 174 valence electrons. The van der Waals surface area contributed by atoms with E-state index in [0.717, 1.165) is 0 Å². The largest absolute Gasteiger partial charge is 0.493 e. The second-order valence-electron chi connectivity index (χ2n) is 7.28. The first-order valence-electron chi connectivity index (χ1n) is 10.2. The summed E-state index contributed by atoms with van der Waals surface area (Å²) in [6.07, 6.45) is 1.57. The van der Waals surface area contributed by atoms with E-state index in [1.807, 2.05) is 0 Å². The van der Waals surface area contributed by atoms with Gasteiger partial charge in [0.25, 0.3) is 0 Å². The number of ether oxygens (including phenoxy) is 5. The van der Waals surface area contributed by atoms with Crippen molar-refractivity contribution in [2.75, 3.05) is 27.9 Å². The van der Waals surface area contributed by atoms with Gasteiger partial charge in [-0.2, -0.15) is 0 Å². The summed E-state index contributed by atoms with van der Waals surface area (Å²) in [7, 11) is 4.51. The minimum absolute atomic E-state index is 0.115. The smallest absolute Gasteiger partial charge is 0.231 e. The molecule has 0 unspecified atom stereocenters. The molecule has 8 heteroatoms. The van der Waals surface area contributed by atoms with Crippen molar-refractivity contribution >= 4 is 17.6 Å². The van der Waals surface area contributed by atoms with E-state index in [1.165, 1.54) is 45.6 Å². The van der Waals surface area contributed by atoms with Gasteiger partial charge in [-0.25, -0.2) is 4.39 Å². The molecule has 34 heavy (non-hydrogen) atoms. The van der Waals surface area contributed by atoms with Crippen molar-refractivity contribution < 1.29 is 37.7 Å². The Kier molecular flexibility index (Phi) is 6.49. The maximum Gasteiger partial charge on any atom is 0.231 e. The van der Waals surface area contributed by atoms with Crippen LogP contribution in [0.5, 0.6) is 28.7 Å². The van der Waals surface area contributed by atoms with Gasteiger partial charge in [0.1, 0.15) is 17.3 Å². The van der Waals surface area contributed by atoms with Crippen molar-refractivity contribution in [1.82, 2.24) is 0 Å². The molecule has 0 spiro atoms. The average molecular weight is 464 g/mol. The molecular weight excluding hydrogens is 443 g/mol. The van der Waals surface area contributed by atoms with Crippen molar-refractivity contribution in [1.29, 1.82) is 0 Å². The molecule has 0 aromatic heterocycles. The maximum atomic E-state index is 13.0. The number of Topliss-reactive ketones (excluding diaryl/α,β-unsaturated/α-hetero) is 2. The number of allylic oxidation sites excluding steroid dienone is 1. The maximum absolute atomic E-state index is 13.0. The van der Waals surface area contributed by atoms with E-state index in [9.17, 15) is 14.0 Å². The van der Waals surface area contributed by atoms with Crippen molar-refractivity contribution in [3.05, 3.63) is 82.9 Å². The molecular formula is C26H21FO7. The van der Waals surface area contributed by atoms with Crippen LogP contribution in [0.2, 0.25) is 0 Å². The summed E-state index contributed by atoms with van der Waals surface area (Å²) in [6, 6.07) is 13.3. The molecule has 1 aliphatic rings. The standard InChI is InChI=1S/C26H21FO7/c1-30-23-11-15(12-24(31-2)26(23)32-3)10-22-25(29)19-9-8-18(13-21(19)34-22)33-14-20(28)16-4-6-17(27)7-5-16/h4-13H,14H2,1-3H3/b22-10-. The molecule has 7 nitrogen and oxygen atoms in total. The topological polar surface area (TPSA) is 80.3 Å². The summed E-state index contributed by atoms with van der Waals surface area (Å²) >= 11 is 0. The third-order valence-electron chi connectivity index (χ3n) is 5.16. The number of methoxy groups -OCH3 is 3. The van der Waals surface area contributed by atoms with Crippen LogP contribution >= 0.6 is 0 Å². The van der Waals surface area contributed by atoms with Crippen LogP contribution in [-0.4, -0.2) is 39.5 Å². The van der Waals surface area contributed by atoms with Crippen molar-refractivity contribution in [3.63, 3.8) is 0 Å². The van der Waals surface area contributed by atoms with Crippen molar-refractivity contribution in [3.8, 4) is 28.7 Å². The summed E-state index contributed by atoms with van der Waals surface area (Å²) in [5.41, 5.74) is 1.33. The zero-order chi connectivity index (χ0) is 24.2. The van der Waals surface area contributed by atoms with Gasteiger partial charge in [-0.05, 0) is 60.2 Å². The van der Waals surface area contributed by atoms with Gasteiger partial charge in [0.15, 0.2) is 29.6 Å². The van der Waals surface area contributed by atoms with Gasteiger partial charge in [-0.1, -0.05) is 0 Å². The van der Waals surface area contributed by atoms with Crippen LogP contribution in [0, 0.1) is 5.82 Å². The molecule has 0 fully saturated rings. The zero-order valence-electron chi connectivity index (χ0n) is 18.7. The number of rotatable bonds is 8. The molecule has 0 aliphatic carbocycles. The van der Waals surface area contributed by atoms with Crippen LogP contribution < -0.4 is 23.7 Å². The monoisotopic (exact) mass is 464 g/mol. The lowest BCUT2D eigenvalue weighted by Gasteiger charge is -2.13. The lowest BCUT2D eigenvalue weighted by atomic mass is 10.1. The van der Waals surface area contributed by atoms with Crippen molar-refractivity contribution in [2.45, 2.75) is 0 Å². The SMILES string of the molecule is COc1cc(/C=C2\Oc3cc(OCC(=O)c4ccc(F)cc4)ccc3C2=O)cc(OC)c1OC. The van der Waals surface area contributed by atoms with E-state index in [0.29, 0.717) is 45.4 Å². The molecule has 3 aromatic carbocycles. The normalized spacial score (nSPS) is 13.3. The number of fused-ring (bicyclic) bond motifs is 1. The highest BCUT2D eigenvalue weighted by Gasteiger charge is 2.28. The highest BCUT2D eigenvalue weighted by Crippen LogP contribution is 2.40. The predicted octanol–water partition coefficient (Wildman–Crippen LogP) is 4.73. The molecule has 0 atom stereocenters. The van der Waals surface area contributed by atoms with Crippen LogP contribution in [0.3, 0.4) is 0 Å². The third kappa shape index (κ3) is 4.56. The van der Waals surface area contributed by atoms with Gasteiger partial charge < -0.3 is 23.7 Å². The molecule has 0 radical (unpaired) electrons.